The van der Waals surface area contributed by atoms with E-state index in [1.165, 1.54) is 24.3 Å². The molecule has 0 heterocycles. The Balaban J connectivity index is 1.48. The first-order valence-corrected chi connectivity index (χ1v) is 14.2. The number of amides is 2. The van der Waals surface area contributed by atoms with Gasteiger partial charge in [0, 0.05) is 11.3 Å². The number of carbonyl (C=O) groups is 2. The maximum atomic E-state index is 13.5. The molecule has 0 aliphatic carbocycles. The van der Waals surface area contributed by atoms with Gasteiger partial charge in [0.25, 0.3) is 21.8 Å². The van der Waals surface area contributed by atoms with Crippen molar-refractivity contribution >= 4 is 62.1 Å². The molecule has 4 rings (SSSR count). The zero-order valence-corrected chi connectivity index (χ0v) is 23.5. The number of nitrogens with one attached hydrogen (secondary N) is 2. The molecule has 2 N–H and O–H groups in total. The summed E-state index contributed by atoms with van der Waals surface area (Å²) in [6, 6.07) is 28.0. The minimum atomic E-state index is -4.17. The molecule has 0 fully saturated rings. The van der Waals surface area contributed by atoms with Gasteiger partial charge in [-0.3, -0.25) is 13.9 Å². The van der Waals surface area contributed by atoms with Crippen LogP contribution in [0.15, 0.2) is 113 Å². The van der Waals surface area contributed by atoms with Gasteiger partial charge in [-0.05, 0) is 61.0 Å². The van der Waals surface area contributed by atoms with Gasteiger partial charge >= 0.3 is 0 Å². The van der Waals surface area contributed by atoms with Crippen LogP contribution in [-0.2, 0) is 14.8 Å². The molecule has 40 heavy (non-hydrogen) atoms. The number of hydrazone groups is 1. The lowest BCUT2D eigenvalue weighted by molar-refractivity contribution is -0.119. The summed E-state index contributed by atoms with van der Waals surface area (Å²) in [5, 5.41) is 7.08. The maximum absolute atomic E-state index is 13.5. The highest BCUT2D eigenvalue weighted by atomic mass is 35.5. The van der Waals surface area contributed by atoms with Gasteiger partial charge in [0.1, 0.15) is 6.54 Å². The van der Waals surface area contributed by atoms with Gasteiger partial charge in [0.2, 0.25) is 0 Å². The van der Waals surface area contributed by atoms with Crippen molar-refractivity contribution < 1.29 is 18.0 Å². The van der Waals surface area contributed by atoms with Crippen LogP contribution in [0.25, 0.3) is 0 Å². The topological polar surface area (TPSA) is 108 Å². The van der Waals surface area contributed by atoms with Crippen molar-refractivity contribution in [1.29, 1.82) is 0 Å². The Hall–Kier alpha value is -4.18. The molecule has 0 unspecified atom stereocenters. The van der Waals surface area contributed by atoms with Crippen molar-refractivity contribution in [3.8, 4) is 0 Å². The second kappa shape index (κ2) is 12.8. The predicted molar refractivity (Wildman–Crippen MR) is 159 cm³/mol. The predicted octanol–water partition coefficient (Wildman–Crippen LogP) is 5.98. The molecule has 0 aromatic heterocycles. The van der Waals surface area contributed by atoms with Crippen LogP contribution in [-0.4, -0.2) is 32.5 Å². The summed E-state index contributed by atoms with van der Waals surface area (Å²) in [5.41, 5.74) is 4.74. The van der Waals surface area contributed by atoms with Crippen LogP contribution < -0.4 is 15.0 Å². The third kappa shape index (κ3) is 6.87. The van der Waals surface area contributed by atoms with Gasteiger partial charge < -0.3 is 5.32 Å². The first kappa shape index (κ1) is 28.8. The molecular weight excluding hydrogens is 571 g/mol. The van der Waals surface area contributed by atoms with E-state index in [2.05, 4.69) is 15.8 Å². The maximum Gasteiger partial charge on any atom is 0.264 e. The number of halogens is 2. The van der Waals surface area contributed by atoms with Gasteiger partial charge in [0.05, 0.1) is 26.3 Å². The third-order valence-electron chi connectivity index (χ3n) is 5.76. The molecule has 0 atom stereocenters. The minimum Gasteiger partial charge on any atom is -0.322 e. The lowest BCUT2D eigenvalue weighted by Crippen LogP contribution is -2.40. The van der Waals surface area contributed by atoms with E-state index in [0.717, 1.165) is 4.31 Å². The lowest BCUT2D eigenvalue weighted by Gasteiger charge is -2.25. The normalized spacial score (nSPS) is 11.5. The quantitative estimate of drug-likeness (QED) is 0.183. The number of carbonyl (C=O) groups excluding carboxylic acids is 2. The number of hydrogen-bond acceptors (Lipinski definition) is 5. The van der Waals surface area contributed by atoms with Crippen LogP contribution in [0.3, 0.4) is 0 Å². The van der Waals surface area contributed by atoms with Gasteiger partial charge in [0.15, 0.2) is 0 Å². The SMILES string of the molecule is C/C(=N/NC(=O)CN(c1cccc(Cl)c1Cl)S(=O)(=O)c1ccccc1)c1ccc(NC(=O)c2ccccc2)cc1. The summed E-state index contributed by atoms with van der Waals surface area (Å²) in [7, 11) is -4.17. The molecule has 0 aliphatic heterocycles. The van der Waals surface area contributed by atoms with E-state index in [1.807, 2.05) is 6.07 Å². The Morgan fingerprint density at radius 1 is 0.800 bits per heavy atom. The zero-order chi connectivity index (χ0) is 28.7. The van der Waals surface area contributed by atoms with Crippen LogP contribution in [0.2, 0.25) is 10.0 Å². The number of sulfonamides is 1. The summed E-state index contributed by atoms with van der Waals surface area (Å²) in [6.07, 6.45) is 0. The van der Waals surface area contributed by atoms with Crippen molar-refractivity contribution in [3.63, 3.8) is 0 Å². The summed E-state index contributed by atoms with van der Waals surface area (Å²) < 4.78 is 27.8. The van der Waals surface area contributed by atoms with E-state index in [4.69, 9.17) is 23.2 Å². The van der Waals surface area contributed by atoms with Crippen LogP contribution in [0.5, 0.6) is 0 Å². The third-order valence-corrected chi connectivity index (χ3v) is 8.35. The van der Waals surface area contributed by atoms with E-state index in [9.17, 15) is 18.0 Å². The van der Waals surface area contributed by atoms with Gasteiger partial charge in [-0.2, -0.15) is 5.10 Å². The van der Waals surface area contributed by atoms with Crippen LogP contribution in [0.4, 0.5) is 11.4 Å². The van der Waals surface area contributed by atoms with Crippen LogP contribution >= 0.6 is 23.2 Å². The van der Waals surface area contributed by atoms with Gasteiger partial charge in [-0.25, -0.2) is 13.8 Å². The lowest BCUT2D eigenvalue weighted by atomic mass is 10.1. The molecule has 8 nitrogen and oxygen atoms in total. The van der Waals surface area contributed by atoms with E-state index >= 15 is 0 Å². The highest BCUT2D eigenvalue weighted by molar-refractivity contribution is 7.92. The molecule has 2 amide bonds. The summed E-state index contributed by atoms with van der Waals surface area (Å²) >= 11 is 12.5. The standard InChI is InChI=1S/C29H24Cl2N4O4S/c1-20(21-15-17-23(18-16-21)32-29(37)22-9-4-2-5-10-22)33-34-27(36)19-35(26-14-8-13-25(30)28(26)31)40(38,39)24-11-6-3-7-12-24/h2-18H,19H2,1H3,(H,32,37)(H,34,36)/b33-20-. The number of anilines is 2. The fourth-order valence-corrected chi connectivity index (χ4v) is 5.57. The van der Waals surface area contributed by atoms with Crippen molar-refractivity contribution in [2.75, 3.05) is 16.2 Å². The minimum absolute atomic E-state index is 0.00407. The summed E-state index contributed by atoms with van der Waals surface area (Å²) in [6.45, 7) is 1.09. The Morgan fingerprint density at radius 3 is 2.08 bits per heavy atom. The summed E-state index contributed by atoms with van der Waals surface area (Å²) in [5.74, 6) is -0.928. The number of benzene rings is 4. The molecule has 4 aromatic rings. The first-order chi connectivity index (χ1) is 19.2. The van der Waals surface area contributed by atoms with E-state index in [-0.39, 0.29) is 26.5 Å². The molecule has 11 heteroatoms. The van der Waals surface area contributed by atoms with Crippen molar-refractivity contribution in [1.82, 2.24) is 5.43 Å². The molecule has 0 radical (unpaired) electrons. The van der Waals surface area contributed by atoms with Crippen molar-refractivity contribution in [3.05, 3.63) is 124 Å². The number of hydrogen-bond donors (Lipinski definition) is 2. The first-order valence-electron chi connectivity index (χ1n) is 12.0. The smallest absolute Gasteiger partial charge is 0.264 e. The second-order valence-corrected chi connectivity index (χ2v) is 11.2. The Kier molecular flexibility index (Phi) is 9.21. The number of rotatable bonds is 9. The van der Waals surface area contributed by atoms with E-state index < -0.39 is 22.5 Å². The molecule has 4 aromatic carbocycles. The van der Waals surface area contributed by atoms with Crippen LogP contribution in [0.1, 0.15) is 22.8 Å². The van der Waals surface area contributed by atoms with E-state index in [0.29, 0.717) is 22.5 Å². The Morgan fingerprint density at radius 2 is 1.43 bits per heavy atom. The zero-order valence-electron chi connectivity index (χ0n) is 21.2. The van der Waals surface area contributed by atoms with Gasteiger partial charge in [-0.15, -0.1) is 0 Å². The molecule has 0 bridgehead atoms. The van der Waals surface area contributed by atoms with Gasteiger partial charge in [-0.1, -0.05) is 77.8 Å². The molecule has 0 aliphatic rings. The highest BCUT2D eigenvalue weighted by Crippen LogP contribution is 2.35. The monoisotopic (exact) mass is 594 g/mol. The fourth-order valence-electron chi connectivity index (χ4n) is 3.67. The largest absolute Gasteiger partial charge is 0.322 e. The van der Waals surface area contributed by atoms with Crippen molar-refractivity contribution in [2.45, 2.75) is 11.8 Å². The average molecular weight is 596 g/mol. The summed E-state index contributed by atoms with van der Waals surface area (Å²) in [4.78, 5) is 25.2. The number of nitrogens with zero attached hydrogens (tertiary/aromatic N) is 2. The average Bonchev–Trinajstić information content (AvgIpc) is 2.97. The Labute approximate surface area is 242 Å². The molecule has 0 spiro atoms. The van der Waals surface area contributed by atoms with Crippen LogP contribution in [0, 0.1) is 0 Å². The molecular formula is C29H24Cl2N4O4S. The van der Waals surface area contributed by atoms with E-state index in [1.54, 1.807) is 79.7 Å². The second-order valence-electron chi connectivity index (χ2n) is 8.53. The molecule has 0 saturated heterocycles. The Bertz CT molecular complexity index is 1650. The van der Waals surface area contributed by atoms with Crippen molar-refractivity contribution in [2.24, 2.45) is 5.10 Å². The fraction of sp³-hybridized carbons (Fsp3) is 0.0690. The molecule has 0 saturated carbocycles. The highest BCUT2D eigenvalue weighted by Gasteiger charge is 2.29. The molecule has 204 valence electrons.